The lowest BCUT2D eigenvalue weighted by molar-refractivity contribution is 0.170. The zero-order chi connectivity index (χ0) is 10.9. The molecule has 1 heterocycles. The van der Waals surface area contributed by atoms with Crippen molar-refractivity contribution in [2.45, 2.75) is 12.5 Å². The normalized spacial score (nSPS) is 24.9. The van der Waals surface area contributed by atoms with Gasteiger partial charge >= 0.3 is 0 Å². The Morgan fingerprint density at radius 1 is 1.53 bits per heavy atom. The van der Waals surface area contributed by atoms with Crippen molar-refractivity contribution in [1.29, 1.82) is 0 Å². The van der Waals surface area contributed by atoms with Crippen molar-refractivity contribution in [1.82, 2.24) is 0 Å². The predicted octanol–water partition coefficient (Wildman–Crippen LogP) is 1.82. The van der Waals surface area contributed by atoms with Gasteiger partial charge in [-0.1, -0.05) is 12.1 Å². The van der Waals surface area contributed by atoms with Gasteiger partial charge in [0.25, 0.3) is 0 Å². The zero-order valence-corrected chi connectivity index (χ0v) is 10.6. The lowest BCUT2D eigenvalue weighted by Crippen LogP contribution is -2.28. The molecule has 0 amide bonds. The second kappa shape index (κ2) is 4.09. The minimum absolute atomic E-state index is 0.0138. The standard InChI is InChI=1S/C11H12INO2/c1-11(6-14)7-15-10(13-11)8-4-2-3-5-9(8)12/h2-5,14H,6-7H2,1H3/t11-/m1/s1. The second-order valence-electron chi connectivity index (χ2n) is 3.84. The van der Waals surface area contributed by atoms with E-state index in [2.05, 4.69) is 27.6 Å². The van der Waals surface area contributed by atoms with Crippen molar-refractivity contribution >= 4 is 28.5 Å². The maximum atomic E-state index is 9.17. The number of benzene rings is 1. The average molecular weight is 317 g/mol. The Bertz CT molecular complexity index is 405. The Morgan fingerprint density at radius 3 is 2.87 bits per heavy atom. The third-order valence-corrected chi connectivity index (χ3v) is 3.28. The molecule has 0 aliphatic carbocycles. The molecule has 4 heteroatoms. The van der Waals surface area contributed by atoms with Gasteiger partial charge in [-0.15, -0.1) is 0 Å². The molecule has 3 nitrogen and oxygen atoms in total. The molecule has 1 aromatic rings. The summed E-state index contributed by atoms with van der Waals surface area (Å²) in [6, 6.07) is 7.92. The van der Waals surface area contributed by atoms with E-state index in [1.165, 1.54) is 0 Å². The number of aliphatic hydroxyl groups is 1. The van der Waals surface area contributed by atoms with Gasteiger partial charge in [0, 0.05) is 9.13 Å². The van der Waals surface area contributed by atoms with Gasteiger partial charge in [0.15, 0.2) is 0 Å². The Kier molecular flexibility index (Phi) is 2.97. The summed E-state index contributed by atoms with van der Waals surface area (Å²) in [5, 5.41) is 9.17. The van der Waals surface area contributed by atoms with Gasteiger partial charge in [-0.3, -0.25) is 0 Å². The topological polar surface area (TPSA) is 41.8 Å². The van der Waals surface area contributed by atoms with Crippen LogP contribution in [0.5, 0.6) is 0 Å². The highest BCUT2D eigenvalue weighted by molar-refractivity contribution is 14.1. The summed E-state index contributed by atoms with van der Waals surface area (Å²) >= 11 is 2.25. The molecule has 0 radical (unpaired) electrons. The van der Waals surface area contributed by atoms with E-state index in [1.54, 1.807) is 0 Å². The first-order valence-corrected chi connectivity index (χ1v) is 5.81. The maximum Gasteiger partial charge on any atom is 0.218 e. The van der Waals surface area contributed by atoms with E-state index in [4.69, 9.17) is 4.74 Å². The van der Waals surface area contributed by atoms with Crippen LogP contribution < -0.4 is 0 Å². The fraction of sp³-hybridized carbons (Fsp3) is 0.364. The molecule has 0 saturated heterocycles. The number of nitrogens with zero attached hydrogens (tertiary/aromatic N) is 1. The summed E-state index contributed by atoms with van der Waals surface area (Å²) in [5.41, 5.74) is 0.518. The fourth-order valence-corrected chi connectivity index (χ4v) is 2.01. The first-order chi connectivity index (χ1) is 7.14. The summed E-state index contributed by atoms with van der Waals surface area (Å²) in [4.78, 5) is 4.41. The third-order valence-electron chi connectivity index (χ3n) is 2.34. The molecule has 1 aliphatic rings. The molecular formula is C11H12INO2. The Balaban J connectivity index is 2.35. The Hall–Kier alpha value is -0.620. The van der Waals surface area contributed by atoms with E-state index in [-0.39, 0.29) is 6.61 Å². The summed E-state index contributed by atoms with van der Waals surface area (Å²) in [6.45, 7) is 2.35. The van der Waals surface area contributed by atoms with Crippen LogP contribution in [0.2, 0.25) is 0 Å². The van der Waals surface area contributed by atoms with Gasteiger partial charge < -0.3 is 9.84 Å². The SMILES string of the molecule is C[C@@]1(CO)COC(c2ccccc2I)=N1. The quantitative estimate of drug-likeness (QED) is 0.846. The molecule has 0 fully saturated rings. The van der Waals surface area contributed by atoms with Crippen LogP contribution in [0.4, 0.5) is 0 Å². The number of halogens is 1. The maximum absolute atomic E-state index is 9.17. The molecule has 1 atom stereocenters. The van der Waals surface area contributed by atoms with Gasteiger partial charge in [0.1, 0.15) is 12.1 Å². The van der Waals surface area contributed by atoms with Gasteiger partial charge in [-0.2, -0.15) is 0 Å². The van der Waals surface area contributed by atoms with Gasteiger partial charge in [-0.05, 0) is 41.6 Å². The highest BCUT2D eigenvalue weighted by atomic mass is 127. The van der Waals surface area contributed by atoms with Crippen LogP contribution in [0, 0.1) is 3.57 Å². The number of aliphatic imine (C=N–C) groups is 1. The lowest BCUT2D eigenvalue weighted by atomic mass is 10.1. The molecular weight excluding hydrogens is 305 g/mol. The third kappa shape index (κ3) is 2.15. The molecule has 2 rings (SSSR count). The Morgan fingerprint density at radius 2 is 2.27 bits per heavy atom. The van der Waals surface area contributed by atoms with Crippen molar-refractivity contribution in [3.8, 4) is 0 Å². The van der Waals surface area contributed by atoms with Crippen LogP contribution in [0.15, 0.2) is 29.3 Å². The van der Waals surface area contributed by atoms with Gasteiger partial charge in [-0.25, -0.2) is 4.99 Å². The van der Waals surface area contributed by atoms with E-state index >= 15 is 0 Å². The first kappa shape index (κ1) is 10.9. The van der Waals surface area contributed by atoms with Crippen LogP contribution >= 0.6 is 22.6 Å². The molecule has 0 saturated carbocycles. The van der Waals surface area contributed by atoms with Gasteiger partial charge in [0.05, 0.1) is 6.61 Å². The highest BCUT2D eigenvalue weighted by Crippen LogP contribution is 2.23. The number of hydrogen-bond donors (Lipinski definition) is 1. The van der Waals surface area contributed by atoms with E-state index in [0.29, 0.717) is 12.5 Å². The van der Waals surface area contributed by atoms with E-state index < -0.39 is 5.54 Å². The van der Waals surface area contributed by atoms with E-state index in [9.17, 15) is 5.11 Å². The molecule has 0 spiro atoms. The summed E-state index contributed by atoms with van der Waals surface area (Å²) in [6.07, 6.45) is 0. The summed E-state index contributed by atoms with van der Waals surface area (Å²) in [7, 11) is 0. The molecule has 1 aliphatic heterocycles. The molecule has 1 aromatic carbocycles. The van der Waals surface area contributed by atoms with Crippen molar-refractivity contribution < 1.29 is 9.84 Å². The largest absolute Gasteiger partial charge is 0.475 e. The Labute approximate surface area is 102 Å². The number of aliphatic hydroxyl groups excluding tert-OH is 1. The molecule has 0 unspecified atom stereocenters. The van der Waals surface area contributed by atoms with Crippen LogP contribution in [0.25, 0.3) is 0 Å². The van der Waals surface area contributed by atoms with Crippen molar-refractivity contribution in [3.63, 3.8) is 0 Å². The van der Waals surface area contributed by atoms with Crippen LogP contribution in [-0.2, 0) is 4.74 Å². The van der Waals surface area contributed by atoms with Crippen LogP contribution in [0.3, 0.4) is 0 Å². The molecule has 0 aromatic heterocycles. The zero-order valence-electron chi connectivity index (χ0n) is 8.40. The molecule has 15 heavy (non-hydrogen) atoms. The summed E-state index contributed by atoms with van der Waals surface area (Å²) in [5.74, 6) is 0.636. The van der Waals surface area contributed by atoms with E-state index in [0.717, 1.165) is 9.13 Å². The average Bonchev–Trinajstić information content (AvgIpc) is 2.63. The smallest absolute Gasteiger partial charge is 0.218 e. The first-order valence-electron chi connectivity index (χ1n) is 4.73. The highest BCUT2D eigenvalue weighted by Gasteiger charge is 2.31. The van der Waals surface area contributed by atoms with Crippen molar-refractivity contribution in [3.05, 3.63) is 33.4 Å². The summed E-state index contributed by atoms with van der Waals surface area (Å²) < 4.78 is 6.62. The number of hydrogen-bond acceptors (Lipinski definition) is 3. The number of rotatable bonds is 2. The van der Waals surface area contributed by atoms with Crippen LogP contribution in [0.1, 0.15) is 12.5 Å². The van der Waals surface area contributed by atoms with Crippen LogP contribution in [-0.4, -0.2) is 29.8 Å². The molecule has 1 N–H and O–H groups in total. The fourth-order valence-electron chi connectivity index (χ4n) is 1.39. The lowest BCUT2D eigenvalue weighted by Gasteiger charge is -2.12. The minimum Gasteiger partial charge on any atom is -0.475 e. The monoisotopic (exact) mass is 317 g/mol. The van der Waals surface area contributed by atoms with Crippen molar-refractivity contribution in [2.24, 2.45) is 4.99 Å². The molecule has 0 bridgehead atoms. The van der Waals surface area contributed by atoms with E-state index in [1.807, 2.05) is 31.2 Å². The second-order valence-corrected chi connectivity index (χ2v) is 5.00. The predicted molar refractivity (Wildman–Crippen MR) is 67.1 cm³/mol. The van der Waals surface area contributed by atoms with Gasteiger partial charge in [0.2, 0.25) is 5.90 Å². The van der Waals surface area contributed by atoms with Crippen molar-refractivity contribution in [2.75, 3.05) is 13.2 Å². The molecule has 80 valence electrons. The minimum atomic E-state index is -0.478. The number of ether oxygens (including phenoxy) is 1.